The second kappa shape index (κ2) is 5.84. The monoisotopic (exact) mass is 241 g/mol. The molecular weight excluding hydrogens is 230 g/mol. The van der Waals surface area contributed by atoms with Crippen molar-refractivity contribution in [1.29, 1.82) is 5.26 Å². The minimum atomic E-state index is 0.277. The van der Waals surface area contributed by atoms with Crippen molar-refractivity contribution in [2.75, 3.05) is 17.3 Å². The molecule has 1 aromatic heterocycles. The van der Waals surface area contributed by atoms with Crippen LogP contribution in [0.1, 0.15) is 12.5 Å². The third-order valence-electron chi connectivity index (χ3n) is 1.81. The van der Waals surface area contributed by atoms with E-state index in [0.717, 1.165) is 5.75 Å². The average molecular weight is 242 g/mol. The lowest BCUT2D eigenvalue weighted by Crippen LogP contribution is -2.18. The van der Waals surface area contributed by atoms with Crippen molar-refractivity contribution in [3.05, 3.63) is 22.8 Å². The van der Waals surface area contributed by atoms with Crippen LogP contribution in [0.2, 0.25) is 5.02 Å². The maximum atomic E-state index is 8.79. The second-order valence-corrected chi connectivity index (χ2v) is 4.42. The van der Waals surface area contributed by atoms with Gasteiger partial charge in [0, 0.05) is 18.0 Å². The topological polar surface area (TPSA) is 48.7 Å². The highest BCUT2D eigenvalue weighted by molar-refractivity contribution is 7.98. The third-order valence-corrected chi connectivity index (χ3v) is 3.03. The van der Waals surface area contributed by atoms with E-state index in [1.165, 1.54) is 0 Å². The number of nitrogens with one attached hydrogen (secondary N) is 1. The van der Waals surface area contributed by atoms with Gasteiger partial charge in [0.15, 0.2) is 0 Å². The van der Waals surface area contributed by atoms with Gasteiger partial charge in [0.05, 0.1) is 5.56 Å². The lowest BCUT2D eigenvalue weighted by Gasteiger charge is -2.14. The fourth-order valence-corrected chi connectivity index (χ4v) is 1.95. The number of hydrogen-bond donors (Lipinski definition) is 1. The first-order chi connectivity index (χ1) is 7.19. The van der Waals surface area contributed by atoms with Gasteiger partial charge in [0.2, 0.25) is 0 Å². The van der Waals surface area contributed by atoms with Crippen LogP contribution in [0.25, 0.3) is 0 Å². The molecule has 15 heavy (non-hydrogen) atoms. The molecule has 0 amide bonds. The maximum Gasteiger partial charge on any atom is 0.146 e. The van der Waals surface area contributed by atoms with Crippen molar-refractivity contribution in [1.82, 2.24) is 4.98 Å². The van der Waals surface area contributed by atoms with Gasteiger partial charge in [0.1, 0.15) is 16.9 Å². The highest BCUT2D eigenvalue weighted by atomic mass is 35.5. The third kappa shape index (κ3) is 3.29. The Bertz CT molecular complexity index is 375. The van der Waals surface area contributed by atoms with Crippen molar-refractivity contribution < 1.29 is 0 Å². The second-order valence-electron chi connectivity index (χ2n) is 3.13. The molecule has 0 aliphatic heterocycles. The molecule has 0 bridgehead atoms. The molecule has 0 aliphatic rings. The minimum absolute atomic E-state index is 0.277. The summed E-state index contributed by atoms with van der Waals surface area (Å²) in [4.78, 5) is 4.11. The Balaban J connectivity index is 2.82. The number of aromatic nitrogens is 1. The molecule has 1 heterocycles. The van der Waals surface area contributed by atoms with Crippen molar-refractivity contribution in [3.63, 3.8) is 0 Å². The van der Waals surface area contributed by atoms with E-state index >= 15 is 0 Å². The van der Waals surface area contributed by atoms with E-state index in [0.29, 0.717) is 16.4 Å². The molecule has 1 unspecified atom stereocenters. The van der Waals surface area contributed by atoms with E-state index in [4.69, 9.17) is 16.9 Å². The Morgan fingerprint density at radius 2 is 2.47 bits per heavy atom. The molecule has 0 saturated heterocycles. The fraction of sp³-hybridized carbons (Fsp3) is 0.400. The molecule has 1 atom stereocenters. The maximum absolute atomic E-state index is 8.79. The summed E-state index contributed by atoms with van der Waals surface area (Å²) >= 11 is 7.75. The summed E-state index contributed by atoms with van der Waals surface area (Å²) in [5, 5.41) is 12.4. The van der Waals surface area contributed by atoms with Gasteiger partial charge in [-0.3, -0.25) is 0 Å². The normalized spacial score (nSPS) is 11.9. The summed E-state index contributed by atoms with van der Waals surface area (Å²) in [7, 11) is 0. The van der Waals surface area contributed by atoms with Gasteiger partial charge in [-0.2, -0.15) is 17.0 Å². The Labute approximate surface area is 98.8 Å². The molecule has 5 heteroatoms. The number of anilines is 1. The molecule has 0 radical (unpaired) electrons. The van der Waals surface area contributed by atoms with Crippen LogP contribution in [0.3, 0.4) is 0 Å². The predicted molar refractivity (Wildman–Crippen MR) is 65.4 cm³/mol. The van der Waals surface area contributed by atoms with Gasteiger partial charge in [-0.05, 0) is 19.2 Å². The molecule has 1 N–H and O–H groups in total. The fourth-order valence-electron chi connectivity index (χ4n) is 1.16. The van der Waals surface area contributed by atoms with Crippen LogP contribution >= 0.6 is 23.4 Å². The summed E-state index contributed by atoms with van der Waals surface area (Å²) in [6, 6.07) is 3.90. The van der Waals surface area contributed by atoms with Crippen LogP contribution in [0.5, 0.6) is 0 Å². The van der Waals surface area contributed by atoms with Crippen molar-refractivity contribution in [2.24, 2.45) is 0 Å². The number of pyridine rings is 1. The van der Waals surface area contributed by atoms with Crippen LogP contribution in [-0.2, 0) is 0 Å². The van der Waals surface area contributed by atoms with E-state index in [9.17, 15) is 0 Å². The summed E-state index contributed by atoms with van der Waals surface area (Å²) in [6.07, 6.45) is 3.62. The smallest absolute Gasteiger partial charge is 0.146 e. The number of nitrogens with zero attached hydrogens (tertiary/aromatic N) is 2. The SMILES string of the molecule is CSCC(C)Nc1nccc(C#N)c1Cl. The first kappa shape index (κ1) is 12.2. The van der Waals surface area contributed by atoms with Crippen LogP contribution in [0.15, 0.2) is 12.3 Å². The highest BCUT2D eigenvalue weighted by Gasteiger charge is 2.09. The minimum Gasteiger partial charge on any atom is -0.366 e. The molecule has 1 rings (SSSR count). The lowest BCUT2D eigenvalue weighted by molar-refractivity contribution is 0.903. The number of thioether (sulfide) groups is 1. The van der Waals surface area contributed by atoms with Gasteiger partial charge in [0.25, 0.3) is 0 Å². The number of nitriles is 1. The van der Waals surface area contributed by atoms with Crippen molar-refractivity contribution >= 4 is 29.2 Å². The summed E-state index contributed by atoms with van der Waals surface area (Å²) < 4.78 is 0. The molecule has 0 aliphatic carbocycles. The van der Waals surface area contributed by atoms with Crippen LogP contribution in [0, 0.1) is 11.3 Å². The van der Waals surface area contributed by atoms with Crippen LogP contribution in [-0.4, -0.2) is 23.0 Å². The van der Waals surface area contributed by atoms with E-state index in [1.807, 2.05) is 19.2 Å². The Morgan fingerprint density at radius 3 is 3.07 bits per heavy atom. The first-order valence-corrected chi connectivity index (χ1v) is 6.26. The molecule has 3 nitrogen and oxygen atoms in total. The number of rotatable bonds is 4. The number of hydrogen-bond acceptors (Lipinski definition) is 4. The molecule has 0 fully saturated rings. The molecule has 0 saturated carbocycles. The Morgan fingerprint density at radius 1 is 1.73 bits per heavy atom. The zero-order valence-corrected chi connectivity index (χ0v) is 10.2. The molecule has 80 valence electrons. The molecule has 0 aromatic carbocycles. The van der Waals surface area contributed by atoms with E-state index < -0.39 is 0 Å². The first-order valence-electron chi connectivity index (χ1n) is 4.49. The average Bonchev–Trinajstić information content (AvgIpc) is 2.21. The largest absolute Gasteiger partial charge is 0.366 e. The molecular formula is C10H12ClN3S. The predicted octanol–water partition coefficient (Wildman–Crippen LogP) is 2.77. The quantitative estimate of drug-likeness (QED) is 0.881. The summed E-state index contributed by atoms with van der Waals surface area (Å²) in [5.41, 5.74) is 0.450. The zero-order chi connectivity index (χ0) is 11.3. The van der Waals surface area contributed by atoms with E-state index in [1.54, 1.807) is 24.0 Å². The summed E-state index contributed by atoms with van der Waals surface area (Å²) in [6.45, 7) is 2.05. The molecule has 1 aromatic rings. The number of halogens is 1. The van der Waals surface area contributed by atoms with Gasteiger partial charge in [-0.15, -0.1) is 0 Å². The summed E-state index contributed by atoms with van der Waals surface area (Å²) in [5.74, 6) is 1.55. The zero-order valence-electron chi connectivity index (χ0n) is 8.62. The van der Waals surface area contributed by atoms with E-state index in [-0.39, 0.29) is 6.04 Å². The van der Waals surface area contributed by atoms with Crippen LogP contribution < -0.4 is 5.32 Å². The Hall–Kier alpha value is -0.920. The van der Waals surface area contributed by atoms with Crippen molar-refractivity contribution in [3.8, 4) is 6.07 Å². The van der Waals surface area contributed by atoms with Crippen LogP contribution in [0.4, 0.5) is 5.82 Å². The molecule has 0 spiro atoms. The highest BCUT2D eigenvalue weighted by Crippen LogP contribution is 2.23. The van der Waals surface area contributed by atoms with Gasteiger partial charge < -0.3 is 5.32 Å². The van der Waals surface area contributed by atoms with Crippen molar-refractivity contribution in [2.45, 2.75) is 13.0 Å². The lowest BCUT2D eigenvalue weighted by atomic mass is 10.3. The van der Waals surface area contributed by atoms with Gasteiger partial charge >= 0.3 is 0 Å². The van der Waals surface area contributed by atoms with Gasteiger partial charge in [-0.25, -0.2) is 4.98 Å². The standard InChI is InChI=1S/C10H12ClN3S/c1-7(6-15-2)14-10-9(11)8(5-12)3-4-13-10/h3-4,7H,6H2,1-2H3,(H,13,14). The van der Waals surface area contributed by atoms with E-state index in [2.05, 4.69) is 10.3 Å². The Kier molecular flexibility index (Phi) is 4.73. The van der Waals surface area contributed by atoms with Gasteiger partial charge in [-0.1, -0.05) is 11.6 Å².